The number of nitrogens with two attached hydrogens (primary N) is 1. The van der Waals surface area contributed by atoms with Gasteiger partial charge in [-0.15, -0.1) is 0 Å². The number of carbonyl (C=O) groups excluding carboxylic acids is 3. The lowest BCUT2D eigenvalue weighted by molar-refractivity contribution is -0.138. The fraction of sp³-hybridized carbons (Fsp3) is 0.261. The molecule has 1 aliphatic heterocycles. The van der Waals surface area contributed by atoms with Gasteiger partial charge in [0.15, 0.2) is 0 Å². The predicted molar refractivity (Wildman–Crippen MR) is 119 cm³/mol. The van der Waals surface area contributed by atoms with Crippen molar-refractivity contribution in [3.63, 3.8) is 0 Å². The van der Waals surface area contributed by atoms with Crippen LogP contribution in [0.5, 0.6) is 0 Å². The van der Waals surface area contributed by atoms with Crippen molar-refractivity contribution in [2.45, 2.75) is 31.6 Å². The van der Waals surface area contributed by atoms with Crippen LogP contribution in [0.15, 0.2) is 48.7 Å². The molecule has 0 unspecified atom stereocenters. The number of likely N-dealkylation sites (tertiary alicyclic amines) is 1. The van der Waals surface area contributed by atoms with Crippen molar-refractivity contribution in [3.05, 3.63) is 70.6 Å². The van der Waals surface area contributed by atoms with Crippen LogP contribution in [-0.4, -0.2) is 46.1 Å². The van der Waals surface area contributed by atoms with Crippen molar-refractivity contribution in [1.82, 2.24) is 14.8 Å². The van der Waals surface area contributed by atoms with Crippen LogP contribution in [0.25, 0.3) is 10.9 Å². The number of nitrogens with one attached hydrogen (secondary N) is 1. The van der Waals surface area contributed by atoms with Crippen LogP contribution in [-0.2, 0) is 22.6 Å². The highest BCUT2D eigenvalue weighted by molar-refractivity contribution is 6.30. The quantitative estimate of drug-likeness (QED) is 0.594. The Hall–Kier alpha value is -3.46. The maximum Gasteiger partial charge on any atom is 0.323 e. The molecule has 2 atom stereocenters. The highest BCUT2D eigenvalue weighted by atomic mass is 35.5. The Morgan fingerprint density at radius 2 is 1.88 bits per heavy atom. The van der Waals surface area contributed by atoms with E-state index < -0.39 is 35.9 Å². The number of aromatic nitrogens is 1. The molecule has 2 heterocycles. The maximum absolute atomic E-state index is 14.2. The number of fused-ring (bicyclic) bond motifs is 1. The highest BCUT2D eigenvalue weighted by Gasteiger charge is 2.39. The lowest BCUT2D eigenvalue weighted by atomic mass is 10.1. The molecule has 172 valence electrons. The second-order valence-corrected chi connectivity index (χ2v) is 8.29. The summed E-state index contributed by atoms with van der Waals surface area (Å²) in [5.74, 6) is -1.69. The number of carbonyl (C=O) groups is 3. The molecule has 1 saturated heterocycles. The summed E-state index contributed by atoms with van der Waals surface area (Å²) in [7, 11) is 0. The summed E-state index contributed by atoms with van der Waals surface area (Å²) >= 11 is 5.76. The molecule has 0 radical (unpaired) electrons. The fourth-order valence-electron chi connectivity index (χ4n) is 4.13. The first-order valence-electron chi connectivity index (χ1n) is 10.3. The normalized spacial score (nSPS) is 18.0. The van der Waals surface area contributed by atoms with Gasteiger partial charge in [0.25, 0.3) is 0 Å². The molecule has 1 aromatic heterocycles. The van der Waals surface area contributed by atoms with E-state index >= 15 is 0 Å². The van der Waals surface area contributed by atoms with Crippen molar-refractivity contribution in [2.75, 3.05) is 6.54 Å². The summed E-state index contributed by atoms with van der Waals surface area (Å²) in [6, 6.07) is 9.66. The van der Waals surface area contributed by atoms with Crippen molar-refractivity contribution in [3.8, 4) is 0 Å². The molecule has 33 heavy (non-hydrogen) atoms. The zero-order chi connectivity index (χ0) is 23.7. The van der Waals surface area contributed by atoms with Crippen LogP contribution in [0, 0.1) is 5.82 Å². The minimum absolute atomic E-state index is 0.0710. The predicted octanol–water partition coefficient (Wildman–Crippen LogP) is 3.16. The second kappa shape index (κ2) is 9.19. The summed E-state index contributed by atoms with van der Waals surface area (Å²) in [4.78, 5) is 38.7. The molecular formula is C23H21ClF2N4O3. The third-order valence-electron chi connectivity index (χ3n) is 5.73. The summed E-state index contributed by atoms with van der Waals surface area (Å²) in [5.41, 5.74) is 6.69. The molecule has 3 amide bonds. The first-order chi connectivity index (χ1) is 15.8. The fourth-order valence-corrected chi connectivity index (χ4v) is 4.33. The number of benzene rings is 2. The zero-order valence-corrected chi connectivity index (χ0v) is 18.2. The van der Waals surface area contributed by atoms with Crippen LogP contribution in [0.2, 0.25) is 5.02 Å². The van der Waals surface area contributed by atoms with E-state index in [4.69, 9.17) is 17.3 Å². The molecule has 7 nitrogen and oxygen atoms in total. The summed E-state index contributed by atoms with van der Waals surface area (Å²) in [6.45, 7) is -0.371. The van der Waals surface area contributed by atoms with E-state index in [2.05, 4.69) is 5.32 Å². The molecular weight excluding hydrogens is 454 g/mol. The summed E-state index contributed by atoms with van der Waals surface area (Å²) in [5, 5.41) is 3.16. The average Bonchev–Trinajstić information content (AvgIpc) is 3.36. The first-order valence-corrected chi connectivity index (χ1v) is 10.7. The summed E-state index contributed by atoms with van der Waals surface area (Å²) < 4.78 is 29.5. The molecule has 1 aliphatic rings. The molecule has 10 heteroatoms. The van der Waals surface area contributed by atoms with E-state index in [-0.39, 0.29) is 36.5 Å². The third kappa shape index (κ3) is 4.54. The van der Waals surface area contributed by atoms with E-state index in [0.717, 1.165) is 0 Å². The molecule has 0 spiro atoms. The van der Waals surface area contributed by atoms with Crippen LogP contribution < -0.4 is 11.1 Å². The molecule has 1 fully saturated rings. The number of para-hydroxylation sites is 1. The highest BCUT2D eigenvalue weighted by Crippen LogP contribution is 2.26. The second-order valence-electron chi connectivity index (χ2n) is 7.88. The summed E-state index contributed by atoms with van der Waals surface area (Å²) in [6.07, 6.45) is -0.177. The van der Waals surface area contributed by atoms with Gasteiger partial charge in [0.05, 0.1) is 23.5 Å². The van der Waals surface area contributed by atoms with Gasteiger partial charge in [0, 0.05) is 30.1 Å². The Balaban J connectivity index is 1.50. The topological polar surface area (TPSA) is 97.4 Å². The number of amides is 3. The van der Waals surface area contributed by atoms with Gasteiger partial charge in [-0.05, 0) is 17.7 Å². The Labute approximate surface area is 193 Å². The number of rotatable bonds is 5. The molecule has 3 aromatic rings. The lowest BCUT2D eigenvalue weighted by Gasteiger charge is -2.23. The van der Waals surface area contributed by atoms with Crippen LogP contribution in [0.3, 0.4) is 0 Å². The van der Waals surface area contributed by atoms with Crippen molar-refractivity contribution in [2.24, 2.45) is 5.73 Å². The maximum atomic E-state index is 14.2. The van der Waals surface area contributed by atoms with Crippen molar-refractivity contribution >= 4 is 40.3 Å². The Bertz CT molecular complexity index is 1250. The number of hydrogen-bond acceptors (Lipinski definition) is 3. The van der Waals surface area contributed by atoms with Crippen LogP contribution >= 0.6 is 11.6 Å². The van der Waals surface area contributed by atoms with E-state index in [0.29, 0.717) is 16.5 Å². The van der Waals surface area contributed by atoms with E-state index in [1.165, 1.54) is 27.8 Å². The van der Waals surface area contributed by atoms with Gasteiger partial charge < -0.3 is 16.0 Å². The van der Waals surface area contributed by atoms with E-state index in [9.17, 15) is 23.2 Å². The Morgan fingerprint density at radius 1 is 1.12 bits per heavy atom. The molecule has 4 rings (SSSR count). The molecule has 3 N–H and O–H groups in total. The number of primary amides is 1. The van der Waals surface area contributed by atoms with E-state index in [1.807, 2.05) is 0 Å². The number of nitrogens with zero attached hydrogens (tertiary/aromatic N) is 2. The molecule has 0 bridgehead atoms. The average molecular weight is 475 g/mol. The van der Waals surface area contributed by atoms with Gasteiger partial charge in [-0.1, -0.05) is 41.9 Å². The Morgan fingerprint density at radius 3 is 2.64 bits per heavy atom. The van der Waals surface area contributed by atoms with Crippen molar-refractivity contribution in [1.29, 1.82) is 0 Å². The zero-order valence-electron chi connectivity index (χ0n) is 17.4. The van der Waals surface area contributed by atoms with Gasteiger partial charge in [0.2, 0.25) is 11.8 Å². The van der Waals surface area contributed by atoms with Crippen LogP contribution in [0.4, 0.5) is 13.6 Å². The molecule has 2 aromatic carbocycles. The lowest BCUT2D eigenvalue weighted by Crippen LogP contribution is -2.46. The molecule has 0 saturated carbocycles. The SMILES string of the molecule is NC(=O)n1cc(CC(=O)N2C[C@H](F)C[C@H]2C(=O)NCc2cccc(Cl)c2F)c2ccccc21. The minimum Gasteiger partial charge on any atom is -0.351 e. The van der Waals surface area contributed by atoms with Gasteiger partial charge in [-0.3, -0.25) is 14.2 Å². The number of hydrogen-bond donors (Lipinski definition) is 2. The van der Waals surface area contributed by atoms with Gasteiger partial charge in [0.1, 0.15) is 18.0 Å². The van der Waals surface area contributed by atoms with Crippen LogP contribution in [0.1, 0.15) is 17.5 Å². The molecule has 0 aliphatic carbocycles. The number of alkyl halides is 1. The standard InChI is InChI=1S/C23H21ClF2N4O3/c24-17-6-3-4-13(21(17)26)10-28-22(32)19-9-15(25)12-29(19)20(31)8-14-11-30(23(27)33)18-7-2-1-5-16(14)18/h1-7,11,15,19H,8-10,12H2,(H2,27,33)(H,28,32)/t15-,19+/m1/s1. The number of halogens is 3. The van der Waals surface area contributed by atoms with Gasteiger partial charge >= 0.3 is 6.03 Å². The van der Waals surface area contributed by atoms with E-state index in [1.54, 1.807) is 30.3 Å². The van der Waals surface area contributed by atoms with Gasteiger partial charge in [-0.25, -0.2) is 13.6 Å². The smallest absolute Gasteiger partial charge is 0.323 e. The van der Waals surface area contributed by atoms with Crippen molar-refractivity contribution < 1.29 is 23.2 Å². The van der Waals surface area contributed by atoms with Gasteiger partial charge in [-0.2, -0.15) is 0 Å². The largest absolute Gasteiger partial charge is 0.351 e. The monoisotopic (exact) mass is 474 g/mol. The third-order valence-corrected chi connectivity index (χ3v) is 6.02. The minimum atomic E-state index is -1.36. The first kappa shape index (κ1) is 22.7. The Kier molecular flexibility index (Phi) is 6.33.